The molecule has 1 amide bonds. The molecule has 0 spiro atoms. The number of allylic oxidation sites excluding steroid dienone is 2. The van der Waals surface area contributed by atoms with Crippen LogP contribution in [0.15, 0.2) is 30.5 Å². The highest BCUT2D eigenvalue weighted by Crippen LogP contribution is 2.35. The number of nitrogens with zero attached hydrogens (tertiary/aromatic N) is 2. The smallest absolute Gasteiger partial charge is 0.223 e. The summed E-state index contributed by atoms with van der Waals surface area (Å²) in [7, 11) is 0. The largest absolute Gasteiger partial charge is 0.332 e. The van der Waals surface area contributed by atoms with E-state index in [0.29, 0.717) is 12.3 Å². The summed E-state index contributed by atoms with van der Waals surface area (Å²) in [6.45, 7) is 4.25. The summed E-state index contributed by atoms with van der Waals surface area (Å²) in [6, 6.07) is 4.54. The minimum atomic E-state index is 0.155. The zero-order chi connectivity index (χ0) is 15.5. The average molecular weight is 298 g/mol. The Bertz CT molecular complexity index is 564. The number of rotatable bonds is 4. The van der Waals surface area contributed by atoms with Crippen LogP contribution in [0, 0.1) is 5.92 Å². The van der Waals surface area contributed by atoms with Crippen LogP contribution >= 0.6 is 0 Å². The lowest BCUT2D eigenvalue weighted by Crippen LogP contribution is -2.42. The van der Waals surface area contributed by atoms with Gasteiger partial charge in [-0.1, -0.05) is 18.2 Å². The number of carbonyl (C=O) groups is 1. The average Bonchev–Trinajstić information content (AvgIpc) is 3.00. The number of aryl methyl sites for hydroxylation is 1. The van der Waals surface area contributed by atoms with E-state index in [0.717, 1.165) is 37.8 Å². The number of pyridine rings is 1. The Hall–Kier alpha value is -1.64. The van der Waals surface area contributed by atoms with Gasteiger partial charge in [0.1, 0.15) is 0 Å². The maximum atomic E-state index is 12.9. The van der Waals surface area contributed by atoms with Crippen LogP contribution in [0.1, 0.15) is 63.3 Å². The van der Waals surface area contributed by atoms with Crippen molar-refractivity contribution in [3.63, 3.8) is 0 Å². The fraction of sp³-hybridized carbons (Fsp3) is 0.579. The van der Waals surface area contributed by atoms with E-state index in [-0.39, 0.29) is 18.0 Å². The Balaban J connectivity index is 1.82. The molecule has 3 rings (SSSR count). The van der Waals surface area contributed by atoms with Crippen LogP contribution in [-0.2, 0) is 11.2 Å². The van der Waals surface area contributed by atoms with Gasteiger partial charge in [0.2, 0.25) is 5.91 Å². The molecule has 118 valence electrons. The number of carbonyl (C=O) groups excluding carboxylic acids is 1. The highest BCUT2D eigenvalue weighted by Gasteiger charge is 2.32. The summed E-state index contributed by atoms with van der Waals surface area (Å²) < 4.78 is 0. The van der Waals surface area contributed by atoms with Gasteiger partial charge in [-0.15, -0.1) is 0 Å². The van der Waals surface area contributed by atoms with Gasteiger partial charge in [0, 0.05) is 18.7 Å². The number of amides is 1. The molecule has 0 saturated carbocycles. The van der Waals surface area contributed by atoms with E-state index < -0.39 is 0 Å². The van der Waals surface area contributed by atoms with E-state index in [9.17, 15) is 4.79 Å². The number of hydrogen-bond donors (Lipinski definition) is 0. The highest BCUT2D eigenvalue weighted by atomic mass is 16.2. The molecule has 2 aliphatic carbocycles. The number of aromatic nitrogens is 1. The molecular formula is C19H26N2O. The Morgan fingerprint density at radius 1 is 1.41 bits per heavy atom. The summed E-state index contributed by atoms with van der Waals surface area (Å²) in [5, 5.41) is 0. The Morgan fingerprint density at radius 2 is 2.27 bits per heavy atom. The SMILES string of the molecule is CC(C)N(C(=O)C[C@@H]1C=CCC1)[C@@H]1CCCc2cccnc21. The maximum absolute atomic E-state index is 12.9. The van der Waals surface area contributed by atoms with E-state index in [1.54, 1.807) is 0 Å². The predicted molar refractivity (Wildman–Crippen MR) is 88.4 cm³/mol. The maximum Gasteiger partial charge on any atom is 0.223 e. The van der Waals surface area contributed by atoms with Gasteiger partial charge < -0.3 is 4.90 Å². The zero-order valence-corrected chi connectivity index (χ0v) is 13.7. The van der Waals surface area contributed by atoms with E-state index in [1.807, 2.05) is 12.3 Å². The molecule has 2 aliphatic rings. The molecular weight excluding hydrogens is 272 g/mol. The molecule has 1 aromatic rings. The highest BCUT2D eigenvalue weighted by molar-refractivity contribution is 5.77. The van der Waals surface area contributed by atoms with Crippen LogP contribution in [-0.4, -0.2) is 21.8 Å². The lowest BCUT2D eigenvalue weighted by atomic mass is 9.89. The first kappa shape index (κ1) is 15.3. The minimum absolute atomic E-state index is 0.155. The van der Waals surface area contributed by atoms with Crippen LogP contribution in [0.4, 0.5) is 0 Å². The first-order valence-corrected chi connectivity index (χ1v) is 8.58. The van der Waals surface area contributed by atoms with Crippen molar-refractivity contribution in [2.45, 2.75) is 64.5 Å². The second-order valence-corrected chi connectivity index (χ2v) is 6.82. The number of hydrogen-bond acceptors (Lipinski definition) is 2. The molecule has 3 nitrogen and oxygen atoms in total. The van der Waals surface area contributed by atoms with Gasteiger partial charge in [0.15, 0.2) is 0 Å². The molecule has 1 aromatic heterocycles. The lowest BCUT2D eigenvalue weighted by Gasteiger charge is -2.38. The molecule has 0 bridgehead atoms. The van der Waals surface area contributed by atoms with Crippen LogP contribution in [0.5, 0.6) is 0 Å². The third kappa shape index (κ3) is 3.08. The molecule has 1 heterocycles. The van der Waals surface area contributed by atoms with Gasteiger partial charge in [0.25, 0.3) is 0 Å². The Labute approximate surface area is 133 Å². The van der Waals surface area contributed by atoms with Crippen molar-refractivity contribution in [1.29, 1.82) is 0 Å². The van der Waals surface area contributed by atoms with Gasteiger partial charge in [-0.05, 0) is 63.5 Å². The van der Waals surface area contributed by atoms with Crippen molar-refractivity contribution in [3.8, 4) is 0 Å². The summed E-state index contributed by atoms with van der Waals surface area (Å²) in [5.41, 5.74) is 2.44. The number of fused-ring (bicyclic) bond motifs is 1. The van der Waals surface area contributed by atoms with E-state index in [1.165, 1.54) is 5.56 Å². The van der Waals surface area contributed by atoms with Crippen molar-refractivity contribution in [2.24, 2.45) is 5.92 Å². The second kappa shape index (κ2) is 6.64. The molecule has 0 aromatic carbocycles. The Kier molecular flexibility index (Phi) is 4.60. The van der Waals surface area contributed by atoms with Gasteiger partial charge in [-0.25, -0.2) is 0 Å². The molecule has 22 heavy (non-hydrogen) atoms. The van der Waals surface area contributed by atoms with Crippen LogP contribution in [0.3, 0.4) is 0 Å². The summed E-state index contributed by atoms with van der Waals surface area (Å²) >= 11 is 0. The van der Waals surface area contributed by atoms with Crippen molar-refractivity contribution < 1.29 is 4.79 Å². The molecule has 0 radical (unpaired) electrons. The normalized spacial score (nSPS) is 23.6. The quantitative estimate of drug-likeness (QED) is 0.786. The molecule has 0 unspecified atom stereocenters. The molecule has 0 aliphatic heterocycles. The third-order valence-corrected chi connectivity index (χ3v) is 4.89. The van der Waals surface area contributed by atoms with Crippen molar-refractivity contribution >= 4 is 5.91 Å². The first-order valence-electron chi connectivity index (χ1n) is 8.58. The topological polar surface area (TPSA) is 33.2 Å². The van der Waals surface area contributed by atoms with Gasteiger partial charge in [0.05, 0.1) is 11.7 Å². The van der Waals surface area contributed by atoms with Crippen molar-refractivity contribution in [1.82, 2.24) is 9.88 Å². The van der Waals surface area contributed by atoms with Crippen LogP contribution in [0.2, 0.25) is 0 Å². The lowest BCUT2D eigenvalue weighted by molar-refractivity contribution is -0.137. The predicted octanol–water partition coefficient (Wildman–Crippen LogP) is 4.05. The second-order valence-electron chi connectivity index (χ2n) is 6.82. The first-order chi connectivity index (χ1) is 10.7. The van der Waals surface area contributed by atoms with Crippen molar-refractivity contribution in [2.75, 3.05) is 0 Å². The standard InChI is InChI=1S/C19H26N2O/c1-14(2)21(18(22)13-15-7-3-4-8-15)17-11-5-9-16-10-6-12-20-19(16)17/h3,6-7,10,12,14-15,17H,4-5,8-9,11,13H2,1-2H3/t15-,17-/m1/s1. The molecule has 2 atom stereocenters. The van der Waals surface area contributed by atoms with Gasteiger partial charge in [-0.3, -0.25) is 9.78 Å². The van der Waals surface area contributed by atoms with Crippen LogP contribution in [0.25, 0.3) is 0 Å². The summed E-state index contributed by atoms with van der Waals surface area (Å²) in [5.74, 6) is 0.718. The van der Waals surface area contributed by atoms with E-state index >= 15 is 0 Å². The van der Waals surface area contributed by atoms with Gasteiger partial charge >= 0.3 is 0 Å². The monoisotopic (exact) mass is 298 g/mol. The van der Waals surface area contributed by atoms with Crippen molar-refractivity contribution in [3.05, 3.63) is 41.7 Å². The van der Waals surface area contributed by atoms with Gasteiger partial charge in [-0.2, -0.15) is 0 Å². The van der Waals surface area contributed by atoms with E-state index in [2.05, 4.69) is 41.9 Å². The third-order valence-electron chi connectivity index (χ3n) is 4.89. The summed E-state index contributed by atoms with van der Waals surface area (Å²) in [4.78, 5) is 19.6. The fourth-order valence-electron chi connectivity index (χ4n) is 3.87. The Morgan fingerprint density at radius 3 is 3.00 bits per heavy atom. The minimum Gasteiger partial charge on any atom is -0.332 e. The molecule has 0 N–H and O–H groups in total. The fourth-order valence-corrected chi connectivity index (χ4v) is 3.87. The van der Waals surface area contributed by atoms with E-state index in [4.69, 9.17) is 0 Å². The molecule has 0 fully saturated rings. The molecule has 3 heteroatoms. The summed E-state index contributed by atoms with van der Waals surface area (Å²) in [6.07, 6.45) is 12.4. The zero-order valence-electron chi connectivity index (χ0n) is 13.7. The van der Waals surface area contributed by atoms with Crippen LogP contribution < -0.4 is 0 Å². The molecule has 0 saturated heterocycles.